The van der Waals surface area contributed by atoms with Gasteiger partial charge in [0.05, 0.1) is 17.2 Å². The minimum absolute atomic E-state index is 0.0120. The maximum Gasteiger partial charge on any atom is 0.355 e. The Bertz CT molecular complexity index is 1040. The molecule has 0 spiro atoms. The van der Waals surface area contributed by atoms with Gasteiger partial charge in [-0.15, -0.1) is 0 Å². The van der Waals surface area contributed by atoms with Gasteiger partial charge in [0, 0.05) is 19.3 Å². The average molecular weight is 410 g/mol. The minimum Gasteiger partial charge on any atom is -0.486 e. The van der Waals surface area contributed by atoms with Gasteiger partial charge in [0.15, 0.2) is 11.5 Å². The van der Waals surface area contributed by atoms with Crippen LogP contribution in [0.3, 0.4) is 0 Å². The average Bonchev–Trinajstić information content (AvgIpc) is 3.00. The zero-order valence-corrected chi connectivity index (χ0v) is 15.9. The summed E-state index contributed by atoms with van der Waals surface area (Å²) in [6, 6.07) is 3.51. The Morgan fingerprint density at radius 3 is 2.64 bits per heavy atom. The summed E-state index contributed by atoms with van der Waals surface area (Å²) in [7, 11) is -2.59. The number of fused-ring (bicyclic) bond motifs is 1. The van der Waals surface area contributed by atoms with Crippen LogP contribution >= 0.6 is 0 Å². The highest BCUT2D eigenvalue weighted by molar-refractivity contribution is 7.92. The van der Waals surface area contributed by atoms with E-state index in [1.165, 1.54) is 22.9 Å². The third-order valence-corrected chi connectivity index (χ3v) is 5.26. The summed E-state index contributed by atoms with van der Waals surface area (Å²) in [6.45, 7) is 2.18. The summed E-state index contributed by atoms with van der Waals surface area (Å²) in [4.78, 5) is 23.1. The first-order valence-corrected chi connectivity index (χ1v) is 9.74. The second-order valence-electron chi connectivity index (χ2n) is 5.85. The van der Waals surface area contributed by atoms with Crippen molar-refractivity contribution in [3.63, 3.8) is 0 Å². The number of hydrogen-bond donors (Lipinski definition) is 2. The number of carbonyl (C=O) groups is 2. The largest absolute Gasteiger partial charge is 0.486 e. The summed E-state index contributed by atoms with van der Waals surface area (Å²) < 4.78 is 44.8. The molecule has 0 aliphatic carbocycles. The molecule has 2 heterocycles. The highest BCUT2D eigenvalue weighted by atomic mass is 32.2. The predicted molar refractivity (Wildman–Crippen MR) is 96.6 cm³/mol. The number of carboxylic acids is 1. The number of ether oxygens (including phenoxy) is 3. The lowest BCUT2D eigenvalue weighted by atomic mass is 10.2. The van der Waals surface area contributed by atoms with Crippen LogP contribution < -0.4 is 14.2 Å². The quantitative estimate of drug-likeness (QED) is 0.684. The number of aromatic carboxylic acids is 1. The number of aryl methyl sites for hydroxylation is 1. The molecule has 11 heteroatoms. The van der Waals surface area contributed by atoms with Crippen LogP contribution in [0, 0.1) is 0 Å². The lowest BCUT2D eigenvalue weighted by Gasteiger charge is -2.21. The summed E-state index contributed by atoms with van der Waals surface area (Å²) in [6.07, 6.45) is 1.40. The Morgan fingerprint density at radius 1 is 1.25 bits per heavy atom. The number of anilines is 1. The second-order valence-corrected chi connectivity index (χ2v) is 7.53. The lowest BCUT2D eigenvalue weighted by molar-refractivity contribution is 0.0514. The molecule has 28 heavy (non-hydrogen) atoms. The fourth-order valence-corrected chi connectivity index (χ4v) is 3.76. The van der Waals surface area contributed by atoms with Crippen molar-refractivity contribution >= 4 is 27.6 Å². The molecule has 0 atom stereocenters. The van der Waals surface area contributed by atoms with Gasteiger partial charge in [0.1, 0.15) is 24.5 Å². The number of nitrogens with zero attached hydrogens (tertiary/aromatic N) is 1. The molecule has 0 amide bonds. The smallest absolute Gasteiger partial charge is 0.355 e. The Kier molecular flexibility index (Phi) is 5.18. The number of sulfonamides is 1. The van der Waals surface area contributed by atoms with Gasteiger partial charge in [-0.3, -0.25) is 4.72 Å². The molecule has 1 aliphatic heterocycles. The Labute approximate surface area is 160 Å². The van der Waals surface area contributed by atoms with E-state index in [1.54, 1.807) is 14.0 Å². The molecule has 10 nitrogen and oxygen atoms in total. The van der Waals surface area contributed by atoms with Crippen LogP contribution in [0.15, 0.2) is 29.3 Å². The molecule has 2 aromatic rings. The van der Waals surface area contributed by atoms with Gasteiger partial charge in [-0.2, -0.15) is 0 Å². The maximum absolute atomic E-state index is 12.8. The Morgan fingerprint density at radius 2 is 1.96 bits per heavy atom. The Hall–Kier alpha value is -3.21. The molecule has 1 aromatic carbocycles. The summed E-state index contributed by atoms with van der Waals surface area (Å²) in [5.41, 5.74) is -0.0388. The van der Waals surface area contributed by atoms with Crippen LogP contribution in [0.25, 0.3) is 0 Å². The fraction of sp³-hybridized carbons (Fsp3) is 0.294. The number of carbonyl (C=O) groups excluding carboxylic acids is 1. The first kappa shape index (κ1) is 19.5. The van der Waals surface area contributed by atoms with E-state index in [2.05, 4.69) is 4.72 Å². The molecular weight excluding hydrogens is 392 g/mol. The first-order chi connectivity index (χ1) is 13.2. The maximum atomic E-state index is 12.8. The third kappa shape index (κ3) is 3.74. The number of hydrogen-bond acceptors (Lipinski definition) is 7. The zero-order chi connectivity index (χ0) is 20.5. The van der Waals surface area contributed by atoms with Crippen molar-refractivity contribution in [3.05, 3.63) is 35.7 Å². The van der Waals surface area contributed by atoms with Crippen LogP contribution in [0.5, 0.6) is 11.5 Å². The van der Waals surface area contributed by atoms with Crippen molar-refractivity contribution in [2.75, 3.05) is 24.5 Å². The number of rotatable bonds is 6. The predicted octanol–water partition coefficient (Wildman–Crippen LogP) is 1.47. The van der Waals surface area contributed by atoms with Crippen molar-refractivity contribution < 1.29 is 37.3 Å². The zero-order valence-electron chi connectivity index (χ0n) is 15.1. The molecule has 0 radical (unpaired) electrons. The molecule has 150 valence electrons. The normalized spacial score (nSPS) is 13.1. The SMILES string of the molecule is CCOC(=O)c1cc(NS(=O)(=O)c2cc3c(c(C(=O)O)c2)OCCO3)cn1C. The third-order valence-electron chi connectivity index (χ3n) is 3.90. The Balaban J connectivity index is 1.96. The summed E-state index contributed by atoms with van der Waals surface area (Å²) >= 11 is 0. The van der Waals surface area contributed by atoms with E-state index in [9.17, 15) is 23.1 Å². The van der Waals surface area contributed by atoms with Crippen LogP contribution in [0.4, 0.5) is 5.69 Å². The van der Waals surface area contributed by atoms with Gasteiger partial charge in [0.25, 0.3) is 10.0 Å². The van der Waals surface area contributed by atoms with Gasteiger partial charge in [-0.25, -0.2) is 18.0 Å². The molecule has 0 unspecified atom stereocenters. The van der Waals surface area contributed by atoms with Crippen molar-refractivity contribution in [2.24, 2.45) is 7.05 Å². The highest BCUT2D eigenvalue weighted by Gasteiger charge is 2.27. The van der Waals surface area contributed by atoms with E-state index in [-0.39, 0.29) is 53.2 Å². The number of nitrogens with one attached hydrogen (secondary N) is 1. The van der Waals surface area contributed by atoms with Crippen molar-refractivity contribution in [3.8, 4) is 11.5 Å². The van der Waals surface area contributed by atoms with E-state index in [1.807, 2.05) is 0 Å². The van der Waals surface area contributed by atoms with Gasteiger partial charge in [-0.05, 0) is 19.1 Å². The van der Waals surface area contributed by atoms with E-state index in [0.29, 0.717) is 0 Å². The van der Waals surface area contributed by atoms with Crippen LogP contribution in [0.2, 0.25) is 0 Å². The molecule has 0 saturated carbocycles. The molecule has 3 rings (SSSR count). The monoisotopic (exact) mass is 410 g/mol. The topological polar surface area (TPSA) is 133 Å². The highest BCUT2D eigenvalue weighted by Crippen LogP contribution is 2.37. The number of esters is 1. The molecule has 0 saturated heterocycles. The molecule has 0 bridgehead atoms. The standard InChI is InChI=1S/C17H18N2O8S/c1-3-25-17(22)13-6-10(9-19(13)2)18-28(23,24)11-7-12(16(20)21)15-14(8-11)26-4-5-27-15/h6-9,18H,3-5H2,1-2H3,(H,20,21). The van der Waals surface area contributed by atoms with Gasteiger partial charge in [-0.1, -0.05) is 0 Å². The number of benzene rings is 1. The lowest BCUT2D eigenvalue weighted by Crippen LogP contribution is -2.20. The van der Waals surface area contributed by atoms with E-state index >= 15 is 0 Å². The molecular formula is C17H18N2O8S. The van der Waals surface area contributed by atoms with Crippen LogP contribution in [-0.2, 0) is 21.8 Å². The van der Waals surface area contributed by atoms with Gasteiger partial charge in [0.2, 0.25) is 0 Å². The summed E-state index contributed by atoms with van der Waals surface area (Å²) in [5.74, 6) is -1.92. The molecule has 0 fully saturated rings. The van der Waals surface area contributed by atoms with Crippen molar-refractivity contribution in [2.45, 2.75) is 11.8 Å². The molecule has 2 N–H and O–H groups in total. The first-order valence-electron chi connectivity index (χ1n) is 8.26. The van der Waals surface area contributed by atoms with Gasteiger partial charge < -0.3 is 23.9 Å². The molecule has 1 aromatic heterocycles. The molecule has 1 aliphatic rings. The number of carboxylic acid groups (broad SMARTS) is 1. The van der Waals surface area contributed by atoms with Crippen molar-refractivity contribution in [1.82, 2.24) is 4.57 Å². The van der Waals surface area contributed by atoms with Crippen molar-refractivity contribution in [1.29, 1.82) is 0 Å². The number of aromatic nitrogens is 1. The van der Waals surface area contributed by atoms with Gasteiger partial charge >= 0.3 is 11.9 Å². The minimum atomic E-state index is -4.16. The summed E-state index contributed by atoms with van der Waals surface area (Å²) in [5, 5.41) is 9.37. The van der Waals surface area contributed by atoms with Crippen LogP contribution in [-0.4, -0.2) is 49.9 Å². The van der Waals surface area contributed by atoms with E-state index < -0.39 is 22.0 Å². The van der Waals surface area contributed by atoms with E-state index in [4.69, 9.17) is 14.2 Å². The second kappa shape index (κ2) is 7.43. The van der Waals surface area contributed by atoms with Crippen LogP contribution in [0.1, 0.15) is 27.8 Å². The fourth-order valence-electron chi connectivity index (χ4n) is 2.68. The van der Waals surface area contributed by atoms with E-state index in [0.717, 1.165) is 6.07 Å².